The Morgan fingerprint density at radius 3 is 0.902 bits per heavy atom. The Bertz CT molecular complexity index is 2160. The number of hydrogen-bond acceptors (Lipinski definition) is 13. The van der Waals surface area contributed by atoms with Crippen LogP contribution in [0.3, 0.4) is 0 Å². The molecule has 0 radical (unpaired) electrons. The quantitative estimate of drug-likeness (QED) is 0.132. The van der Waals surface area contributed by atoms with Crippen LogP contribution in [0.15, 0.2) is 55.0 Å². The lowest BCUT2D eigenvalue weighted by Gasteiger charge is -2.29. The molecule has 0 amide bonds. The summed E-state index contributed by atoms with van der Waals surface area (Å²) in [5.41, 5.74) is 1.51. The van der Waals surface area contributed by atoms with Crippen LogP contribution < -0.4 is 14.7 Å². The maximum absolute atomic E-state index is 15.4. The smallest absolute Gasteiger partial charge is 0.151 e. The molecule has 13 nitrogen and oxygen atoms in total. The summed E-state index contributed by atoms with van der Waals surface area (Å²) < 4.78 is 96.0. The Morgan fingerprint density at radius 2 is 0.656 bits per heavy atom. The molecule has 3 aliphatic rings. The number of benzene rings is 3. The maximum atomic E-state index is 15.4. The van der Waals surface area contributed by atoms with Gasteiger partial charge in [0.15, 0.2) is 34.9 Å². The van der Waals surface area contributed by atoms with E-state index in [-0.39, 0.29) is 53.8 Å². The molecule has 3 aromatic heterocycles. The molecule has 6 heterocycles. The second-order valence-corrected chi connectivity index (χ2v) is 18.4. The van der Waals surface area contributed by atoms with Crippen LogP contribution in [0.4, 0.5) is 43.4 Å². The Hall–Kier alpha value is -4.93. The van der Waals surface area contributed by atoms with Gasteiger partial charge in [-0.1, -0.05) is 15.6 Å². The molecule has 22 heteroatoms. The van der Waals surface area contributed by atoms with Gasteiger partial charge < -0.3 is 14.7 Å². The highest BCUT2D eigenvalue weighted by Crippen LogP contribution is 2.32. The van der Waals surface area contributed by atoms with Gasteiger partial charge >= 0.3 is 0 Å². The number of hydrogen-bond donors (Lipinski definition) is 0. The normalized spacial score (nSPS) is 16.3. The van der Waals surface area contributed by atoms with E-state index in [9.17, 15) is 0 Å². The molecular formula is C39H39F6N13S3. The summed E-state index contributed by atoms with van der Waals surface area (Å²) in [6, 6.07) is 7.34. The molecule has 61 heavy (non-hydrogen) atoms. The van der Waals surface area contributed by atoms with Gasteiger partial charge in [-0.25, -0.2) is 40.4 Å². The van der Waals surface area contributed by atoms with Crippen molar-refractivity contribution in [1.82, 2.24) is 49.9 Å². The van der Waals surface area contributed by atoms with E-state index < -0.39 is 34.9 Å². The fraction of sp³-hybridized carbons (Fsp3) is 0.385. The van der Waals surface area contributed by atoms with Crippen LogP contribution in [0.2, 0.25) is 0 Å². The monoisotopic (exact) mass is 899 g/mol. The van der Waals surface area contributed by atoms with Crippen molar-refractivity contribution in [2.45, 2.75) is 19.6 Å². The number of anilines is 3. The van der Waals surface area contributed by atoms with Gasteiger partial charge in [0.25, 0.3) is 0 Å². The van der Waals surface area contributed by atoms with E-state index >= 15 is 26.3 Å². The Kier molecular flexibility index (Phi) is 12.4. The Morgan fingerprint density at radius 1 is 0.410 bits per heavy atom. The molecule has 0 aliphatic carbocycles. The minimum absolute atomic E-state index is 0.0677. The van der Waals surface area contributed by atoms with Crippen LogP contribution in [0, 0.1) is 34.9 Å². The lowest BCUT2D eigenvalue weighted by Crippen LogP contribution is -2.33. The molecule has 0 spiro atoms. The highest BCUT2D eigenvalue weighted by molar-refractivity contribution is 7.99. The summed E-state index contributed by atoms with van der Waals surface area (Å²) >= 11 is 5.21. The van der Waals surface area contributed by atoms with Crippen molar-refractivity contribution in [3.63, 3.8) is 0 Å². The van der Waals surface area contributed by atoms with Gasteiger partial charge in [-0.2, -0.15) is 35.3 Å². The van der Waals surface area contributed by atoms with E-state index in [0.29, 0.717) is 56.4 Å². The standard InChI is InChI=1S/C39H39F6N13S3/c40-31-13-28(14-32(41)37(31)53-1-7-59-8-2-53)56-22-25(46-49-56)19-52(20-26-23-57(50-47-26)29-15-33(42)38(34(43)16-29)54-3-9-60-10-4-54)21-27-24-58(51-48-27)30-17-35(44)39(36(45)18-30)55-5-11-61-12-6-55/h13-18,22-24H,1-12,19-21H2. The summed E-state index contributed by atoms with van der Waals surface area (Å²) in [5.74, 6) is 0.461. The molecule has 3 aliphatic heterocycles. The van der Waals surface area contributed by atoms with Crippen molar-refractivity contribution in [1.29, 1.82) is 0 Å². The van der Waals surface area contributed by atoms with E-state index in [1.54, 1.807) is 68.6 Å². The van der Waals surface area contributed by atoms with Gasteiger partial charge in [0, 0.05) is 130 Å². The first kappa shape index (κ1) is 41.4. The molecule has 320 valence electrons. The average Bonchev–Trinajstić information content (AvgIpc) is 4.04. The molecule has 6 aromatic rings. The van der Waals surface area contributed by atoms with Crippen molar-refractivity contribution < 1.29 is 26.3 Å². The van der Waals surface area contributed by atoms with Gasteiger partial charge in [0.05, 0.1) is 52.7 Å². The zero-order chi connectivity index (χ0) is 42.0. The van der Waals surface area contributed by atoms with Crippen molar-refractivity contribution in [2.75, 3.05) is 88.5 Å². The first-order valence-electron chi connectivity index (χ1n) is 19.6. The molecule has 3 fully saturated rings. The first-order chi connectivity index (χ1) is 29.7. The van der Waals surface area contributed by atoms with Crippen LogP contribution in [0.5, 0.6) is 0 Å². The van der Waals surface area contributed by atoms with E-state index in [0.717, 1.165) is 34.5 Å². The van der Waals surface area contributed by atoms with Gasteiger partial charge in [-0.05, 0) is 0 Å². The van der Waals surface area contributed by atoms with Crippen molar-refractivity contribution in [3.8, 4) is 17.1 Å². The van der Waals surface area contributed by atoms with Gasteiger partial charge in [-0.3, -0.25) is 4.90 Å². The second-order valence-electron chi connectivity index (χ2n) is 14.7. The van der Waals surface area contributed by atoms with Crippen LogP contribution in [-0.4, -0.2) is 124 Å². The molecule has 3 aromatic carbocycles. The zero-order valence-electron chi connectivity index (χ0n) is 32.6. The fourth-order valence-electron chi connectivity index (χ4n) is 7.67. The SMILES string of the molecule is Fc1cc(-n2cc(CN(Cc3cn(-c4cc(F)c(N5CCSCC5)c(F)c4)nn3)Cc3cn(-c4cc(F)c(N5CCSCC5)c(F)c4)nn3)nn2)cc(F)c1N1CCSCC1. The maximum Gasteiger partial charge on any atom is 0.151 e. The number of nitrogens with zero attached hydrogens (tertiary/aromatic N) is 13. The first-order valence-corrected chi connectivity index (χ1v) is 23.1. The van der Waals surface area contributed by atoms with Crippen LogP contribution in [-0.2, 0) is 19.6 Å². The lowest BCUT2D eigenvalue weighted by molar-refractivity contribution is 0.238. The van der Waals surface area contributed by atoms with Crippen LogP contribution >= 0.6 is 35.3 Å². The van der Waals surface area contributed by atoms with Crippen molar-refractivity contribution in [2.24, 2.45) is 0 Å². The zero-order valence-corrected chi connectivity index (χ0v) is 35.1. The Balaban J connectivity index is 0.968. The van der Waals surface area contributed by atoms with E-state index in [1.165, 1.54) is 50.4 Å². The molecule has 0 atom stereocenters. The van der Waals surface area contributed by atoms with Crippen molar-refractivity contribution >= 4 is 52.3 Å². The summed E-state index contributed by atoms with van der Waals surface area (Å²) in [6.45, 7) is 3.60. The number of rotatable bonds is 12. The molecule has 3 saturated heterocycles. The third kappa shape index (κ3) is 9.17. The second kappa shape index (κ2) is 18.2. The van der Waals surface area contributed by atoms with Gasteiger partial charge in [-0.15, -0.1) is 15.3 Å². The highest BCUT2D eigenvalue weighted by atomic mass is 32.2. The molecule has 0 N–H and O–H groups in total. The average molecular weight is 900 g/mol. The fourth-order valence-corrected chi connectivity index (χ4v) is 10.4. The van der Waals surface area contributed by atoms with E-state index in [1.807, 2.05) is 4.90 Å². The van der Waals surface area contributed by atoms with E-state index in [2.05, 4.69) is 30.9 Å². The molecule has 0 unspecified atom stereocenters. The summed E-state index contributed by atoms with van der Waals surface area (Å²) in [7, 11) is 0. The third-order valence-electron chi connectivity index (χ3n) is 10.6. The summed E-state index contributed by atoms with van der Waals surface area (Å²) in [5, 5.41) is 25.3. The minimum Gasteiger partial charge on any atom is -0.365 e. The molecule has 0 bridgehead atoms. The van der Waals surface area contributed by atoms with E-state index in [4.69, 9.17) is 0 Å². The van der Waals surface area contributed by atoms with Crippen LogP contribution in [0.25, 0.3) is 17.1 Å². The predicted octanol–water partition coefficient (Wildman–Crippen LogP) is 6.13. The summed E-state index contributed by atoms with van der Waals surface area (Å²) in [4.78, 5) is 6.97. The highest BCUT2D eigenvalue weighted by Gasteiger charge is 2.25. The number of thioether (sulfide) groups is 3. The van der Waals surface area contributed by atoms with Gasteiger partial charge in [0.1, 0.15) is 17.1 Å². The predicted molar refractivity (Wildman–Crippen MR) is 225 cm³/mol. The lowest BCUT2D eigenvalue weighted by atomic mass is 10.2. The topological polar surface area (TPSA) is 105 Å². The molecule has 0 saturated carbocycles. The van der Waals surface area contributed by atoms with Gasteiger partial charge in [0.2, 0.25) is 0 Å². The number of halogens is 6. The third-order valence-corrected chi connectivity index (χ3v) is 13.4. The largest absolute Gasteiger partial charge is 0.365 e. The molecular weight excluding hydrogens is 861 g/mol. The summed E-state index contributed by atoms with van der Waals surface area (Å²) in [6.07, 6.45) is 4.65. The molecule has 9 rings (SSSR count). The Labute approximate surface area is 359 Å². The van der Waals surface area contributed by atoms with Crippen molar-refractivity contribution in [3.05, 3.63) is 107 Å². The van der Waals surface area contributed by atoms with Crippen LogP contribution in [0.1, 0.15) is 17.1 Å². The number of aromatic nitrogens is 9. The minimum atomic E-state index is -0.702.